The second-order valence-electron chi connectivity index (χ2n) is 6.58. The van der Waals surface area contributed by atoms with Crippen molar-refractivity contribution in [2.24, 2.45) is 5.92 Å². The lowest BCUT2D eigenvalue weighted by molar-refractivity contribution is 0.0144. The summed E-state index contributed by atoms with van der Waals surface area (Å²) in [5.74, 6) is 0.583. The van der Waals surface area contributed by atoms with E-state index in [0.717, 1.165) is 19.5 Å². The molecule has 1 saturated carbocycles. The van der Waals surface area contributed by atoms with Crippen LogP contribution in [0.15, 0.2) is 0 Å². The number of ether oxygens (including phenoxy) is 1. The molecule has 2 aliphatic rings. The fourth-order valence-corrected chi connectivity index (χ4v) is 3.22. The minimum atomic E-state index is -0.406. The molecule has 0 aromatic carbocycles. The first-order chi connectivity index (χ1) is 8.38. The summed E-state index contributed by atoms with van der Waals surface area (Å²) >= 11 is 0. The van der Waals surface area contributed by atoms with Crippen LogP contribution in [0.1, 0.15) is 47.0 Å². The van der Waals surface area contributed by atoms with Crippen LogP contribution in [-0.4, -0.2) is 41.8 Å². The van der Waals surface area contributed by atoms with E-state index in [9.17, 15) is 4.79 Å². The Morgan fingerprint density at radius 1 is 1.33 bits per heavy atom. The SMILES string of the molecule is CC1NCCN(C(=O)OC(C)(C)C)C2CCCC12. The number of nitrogens with one attached hydrogen (secondary N) is 1. The van der Waals surface area contributed by atoms with Crippen LogP contribution in [0.25, 0.3) is 0 Å². The maximum absolute atomic E-state index is 12.3. The average molecular weight is 254 g/mol. The molecule has 0 aromatic rings. The standard InChI is InChI=1S/C14H26N2O2/c1-10-11-6-5-7-12(11)16(9-8-15-10)13(17)18-14(2,3)4/h10-12,15H,5-9H2,1-4H3. The molecule has 2 fully saturated rings. The van der Waals surface area contributed by atoms with Crippen molar-refractivity contribution in [3.05, 3.63) is 0 Å². The smallest absolute Gasteiger partial charge is 0.410 e. The van der Waals surface area contributed by atoms with Crippen LogP contribution in [0.3, 0.4) is 0 Å². The minimum Gasteiger partial charge on any atom is -0.444 e. The van der Waals surface area contributed by atoms with Gasteiger partial charge in [-0.2, -0.15) is 0 Å². The summed E-state index contributed by atoms with van der Waals surface area (Å²) in [5, 5.41) is 3.51. The highest BCUT2D eigenvalue weighted by Gasteiger charge is 2.40. The quantitative estimate of drug-likeness (QED) is 0.721. The summed E-state index contributed by atoms with van der Waals surface area (Å²) in [7, 11) is 0. The van der Waals surface area contributed by atoms with Gasteiger partial charge in [-0.15, -0.1) is 0 Å². The predicted octanol–water partition coefficient (Wildman–Crippen LogP) is 2.38. The van der Waals surface area contributed by atoms with Gasteiger partial charge in [0, 0.05) is 25.2 Å². The number of amides is 1. The zero-order valence-electron chi connectivity index (χ0n) is 12.0. The van der Waals surface area contributed by atoms with Gasteiger partial charge < -0.3 is 15.0 Å². The van der Waals surface area contributed by atoms with Crippen molar-refractivity contribution in [2.75, 3.05) is 13.1 Å². The van der Waals surface area contributed by atoms with E-state index in [1.165, 1.54) is 12.8 Å². The number of carbonyl (C=O) groups is 1. The summed E-state index contributed by atoms with van der Waals surface area (Å²) in [6.45, 7) is 9.65. The fraction of sp³-hybridized carbons (Fsp3) is 0.929. The number of carbonyl (C=O) groups excluding carboxylic acids is 1. The van der Waals surface area contributed by atoms with Gasteiger partial charge in [0.05, 0.1) is 0 Å². The number of nitrogens with zero attached hydrogens (tertiary/aromatic N) is 1. The van der Waals surface area contributed by atoms with E-state index in [4.69, 9.17) is 4.74 Å². The number of rotatable bonds is 0. The van der Waals surface area contributed by atoms with Crippen molar-refractivity contribution in [2.45, 2.75) is 64.6 Å². The summed E-state index contributed by atoms with van der Waals surface area (Å²) < 4.78 is 5.54. The van der Waals surface area contributed by atoms with E-state index < -0.39 is 5.60 Å². The van der Waals surface area contributed by atoms with Crippen LogP contribution in [0.5, 0.6) is 0 Å². The maximum Gasteiger partial charge on any atom is 0.410 e. The highest BCUT2D eigenvalue weighted by Crippen LogP contribution is 2.34. The van der Waals surface area contributed by atoms with E-state index in [0.29, 0.717) is 18.0 Å². The Balaban J connectivity index is 2.09. The minimum absolute atomic E-state index is 0.143. The third-order valence-corrected chi connectivity index (χ3v) is 4.02. The molecule has 0 spiro atoms. The van der Waals surface area contributed by atoms with E-state index >= 15 is 0 Å². The van der Waals surface area contributed by atoms with Crippen molar-refractivity contribution in [1.82, 2.24) is 10.2 Å². The highest BCUT2D eigenvalue weighted by atomic mass is 16.6. The first-order valence-electron chi connectivity index (χ1n) is 7.11. The van der Waals surface area contributed by atoms with Gasteiger partial charge in [-0.1, -0.05) is 6.42 Å². The topological polar surface area (TPSA) is 41.6 Å². The Hall–Kier alpha value is -0.770. The molecule has 1 N–H and O–H groups in total. The summed E-state index contributed by atoms with van der Waals surface area (Å²) in [4.78, 5) is 14.2. The zero-order valence-corrected chi connectivity index (χ0v) is 12.0. The van der Waals surface area contributed by atoms with Crippen LogP contribution in [-0.2, 0) is 4.74 Å². The molecule has 4 heteroatoms. The molecule has 1 aliphatic heterocycles. The molecule has 1 saturated heterocycles. The molecule has 18 heavy (non-hydrogen) atoms. The normalized spacial score (nSPS) is 32.9. The molecule has 0 radical (unpaired) electrons. The first-order valence-corrected chi connectivity index (χ1v) is 7.11. The van der Waals surface area contributed by atoms with Crippen LogP contribution in [0.4, 0.5) is 4.79 Å². The monoisotopic (exact) mass is 254 g/mol. The third kappa shape index (κ3) is 2.97. The number of hydrogen-bond donors (Lipinski definition) is 1. The van der Waals surface area contributed by atoms with Gasteiger partial charge in [0.25, 0.3) is 0 Å². The number of hydrogen-bond acceptors (Lipinski definition) is 3. The molecular weight excluding hydrogens is 228 g/mol. The molecule has 3 atom stereocenters. The molecule has 1 amide bonds. The lowest BCUT2D eigenvalue weighted by Gasteiger charge is -2.33. The zero-order chi connectivity index (χ0) is 13.3. The van der Waals surface area contributed by atoms with Crippen LogP contribution >= 0.6 is 0 Å². The Bertz CT molecular complexity index is 311. The van der Waals surface area contributed by atoms with Gasteiger partial charge >= 0.3 is 6.09 Å². The van der Waals surface area contributed by atoms with Gasteiger partial charge in [-0.25, -0.2) is 4.79 Å². The highest BCUT2D eigenvalue weighted by molar-refractivity contribution is 5.68. The Kier molecular flexibility index (Phi) is 3.85. The van der Waals surface area contributed by atoms with Crippen molar-refractivity contribution >= 4 is 6.09 Å². The van der Waals surface area contributed by atoms with E-state index in [1.807, 2.05) is 25.7 Å². The molecule has 104 valence electrons. The Morgan fingerprint density at radius 2 is 2.06 bits per heavy atom. The van der Waals surface area contributed by atoms with E-state index in [2.05, 4.69) is 12.2 Å². The maximum atomic E-state index is 12.3. The first kappa shape index (κ1) is 13.7. The molecule has 0 aromatic heterocycles. The Morgan fingerprint density at radius 3 is 2.72 bits per heavy atom. The van der Waals surface area contributed by atoms with Gasteiger partial charge in [-0.3, -0.25) is 0 Å². The molecule has 4 nitrogen and oxygen atoms in total. The fourth-order valence-electron chi connectivity index (χ4n) is 3.22. The largest absolute Gasteiger partial charge is 0.444 e. The van der Waals surface area contributed by atoms with Crippen LogP contribution in [0.2, 0.25) is 0 Å². The molecule has 1 heterocycles. The molecule has 3 unspecified atom stereocenters. The van der Waals surface area contributed by atoms with Gasteiger partial charge in [0.1, 0.15) is 5.60 Å². The van der Waals surface area contributed by atoms with Crippen LogP contribution in [0, 0.1) is 5.92 Å². The van der Waals surface area contributed by atoms with Crippen molar-refractivity contribution in [3.8, 4) is 0 Å². The van der Waals surface area contributed by atoms with Crippen molar-refractivity contribution in [3.63, 3.8) is 0 Å². The summed E-state index contributed by atoms with van der Waals surface area (Å²) in [6, 6.07) is 0.870. The lowest BCUT2D eigenvalue weighted by Crippen LogP contribution is -2.45. The van der Waals surface area contributed by atoms with Crippen molar-refractivity contribution < 1.29 is 9.53 Å². The molecule has 1 aliphatic carbocycles. The van der Waals surface area contributed by atoms with E-state index in [-0.39, 0.29) is 6.09 Å². The number of fused-ring (bicyclic) bond motifs is 1. The van der Waals surface area contributed by atoms with Crippen LogP contribution < -0.4 is 5.32 Å². The van der Waals surface area contributed by atoms with E-state index in [1.54, 1.807) is 0 Å². The summed E-state index contributed by atoms with van der Waals surface area (Å²) in [5.41, 5.74) is -0.406. The Labute approximate surface area is 110 Å². The van der Waals surface area contributed by atoms with Gasteiger partial charge in [0.15, 0.2) is 0 Å². The van der Waals surface area contributed by atoms with Gasteiger partial charge in [-0.05, 0) is 46.5 Å². The average Bonchev–Trinajstić information content (AvgIpc) is 2.64. The third-order valence-electron chi connectivity index (χ3n) is 4.02. The van der Waals surface area contributed by atoms with Crippen molar-refractivity contribution in [1.29, 1.82) is 0 Å². The van der Waals surface area contributed by atoms with Gasteiger partial charge in [0.2, 0.25) is 0 Å². The summed E-state index contributed by atoms with van der Waals surface area (Å²) in [6.07, 6.45) is 3.42. The second kappa shape index (κ2) is 5.08. The molecule has 0 bridgehead atoms. The predicted molar refractivity (Wildman–Crippen MR) is 71.5 cm³/mol. The second-order valence-corrected chi connectivity index (χ2v) is 6.58. The molecular formula is C14H26N2O2. The lowest BCUT2D eigenvalue weighted by atomic mass is 9.95. The molecule has 2 rings (SSSR count).